The molecule has 0 saturated carbocycles. The molecule has 0 rings (SSSR count). The van der Waals surface area contributed by atoms with Crippen molar-refractivity contribution in [2.75, 3.05) is 20.2 Å². The third-order valence-electron chi connectivity index (χ3n) is 1.82. The fraction of sp³-hybridized carbons (Fsp3) is 0.700. The average molecular weight is 230 g/mol. The van der Waals surface area contributed by atoms with Crippen LogP contribution in [0.15, 0.2) is 0 Å². The van der Waals surface area contributed by atoms with Gasteiger partial charge in [0.25, 0.3) is 0 Å². The molecule has 0 heterocycles. The van der Waals surface area contributed by atoms with Gasteiger partial charge in [0.15, 0.2) is 5.78 Å². The minimum absolute atomic E-state index is 0.0492. The molecule has 2 N–H and O–H groups in total. The molecule has 0 aliphatic carbocycles. The van der Waals surface area contributed by atoms with Gasteiger partial charge in [-0.2, -0.15) is 0 Å². The summed E-state index contributed by atoms with van der Waals surface area (Å²) in [6, 6.07) is -0.367. The Morgan fingerprint density at radius 3 is 2.38 bits per heavy atom. The highest BCUT2D eigenvalue weighted by molar-refractivity contribution is 5.87. The second-order valence-electron chi connectivity index (χ2n) is 3.22. The molecule has 0 unspecified atom stereocenters. The molecule has 0 saturated heterocycles. The molecule has 92 valence electrons. The first-order valence-corrected chi connectivity index (χ1v) is 5.20. The minimum Gasteiger partial charge on any atom is -0.469 e. The number of rotatable bonds is 7. The first-order valence-electron chi connectivity index (χ1n) is 5.20. The van der Waals surface area contributed by atoms with E-state index in [1.54, 1.807) is 0 Å². The van der Waals surface area contributed by atoms with E-state index in [0.717, 1.165) is 6.42 Å². The van der Waals surface area contributed by atoms with Crippen molar-refractivity contribution in [2.24, 2.45) is 0 Å². The maximum absolute atomic E-state index is 11.2. The lowest BCUT2D eigenvalue weighted by atomic mass is 10.2. The normalized spacial score (nSPS) is 9.38. The van der Waals surface area contributed by atoms with Crippen molar-refractivity contribution in [2.45, 2.75) is 26.2 Å². The summed E-state index contributed by atoms with van der Waals surface area (Å²) in [7, 11) is 1.27. The monoisotopic (exact) mass is 230 g/mol. The van der Waals surface area contributed by atoms with Gasteiger partial charge in [-0.15, -0.1) is 0 Å². The van der Waals surface area contributed by atoms with Crippen molar-refractivity contribution in [1.29, 1.82) is 0 Å². The summed E-state index contributed by atoms with van der Waals surface area (Å²) in [6.07, 6.45) is 0.970. The number of Topliss-reactive ketones (excluding diaryl/α,β-unsaturated/α-hetero) is 1. The molecule has 0 bridgehead atoms. The molecule has 0 aliphatic rings. The van der Waals surface area contributed by atoms with Gasteiger partial charge < -0.3 is 15.4 Å². The number of urea groups is 1. The van der Waals surface area contributed by atoms with Gasteiger partial charge in [-0.05, 0) is 6.42 Å². The SMILES string of the molecule is CCCNC(=O)NCC(=O)CCC(=O)OC. The summed E-state index contributed by atoms with van der Waals surface area (Å²) in [5, 5.41) is 4.98. The number of carbonyl (C=O) groups excluding carboxylic acids is 3. The van der Waals surface area contributed by atoms with Crippen molar-refractivity contribution in [1.82, 2.24) is 10.6 Å². The van der Waals surface area contributed by atoms with Gasteiger partial charge in [-0.3, -0.25) is 9.59 Å². The second-order valence-corrected chi connectivity index (χ2v) is 3.22. The molecule has 0 radical (unpaired) electrons. The Balaban J connectivity index is 3.57. The predicted octanol–water partition coefficient (Wildman–Crippen LogP) is 0.218. The van der Waals surface area contributed by atoms with Gasteiger partial charge in [0.2, 0.25) is 0 Å². The number of nitrogens with one attached hydrogen (secondary N) is 2. The highest BCUT2D eigenvalue weighted by Gasteiger charge is 2.08. The van der Waals surface area contributed by atoms with E-state index >= 15 is 0 Å². The van der Waals surface area contributed by atoms with E-state index in [2.05, 4.69) is 15.4 Å². The predicted molar refractivity (Wildman–Crippen MR) is 57.9 cm³/mol. The molecule has 2 amide bonds. The zero-order valence-corrected chi connectivity index (χ0v) is 9.67. The van der Waals surface area contributed by atoms with Gasteiger partial charge in [0.05, 0.1) is 20.1 Å². The Kier molecular flexibility index (Phi) is 7.83. The lowest BCUT2D eigenvalue weighted by molar-refractivity contribution is -0.141. The van der Waals surface area contributed by atoms with Crippen LogP contribution in [0.3, 0.4) is 0 Å². The number of methoxy groups -OCH3 is 1. The van der Waals surface area contributed by atoms with Crippen LogP contribution in [-0.4, -0.2) is 38.0 Å². The highest BCUT2D eigenvalue weighted by atomic mass is 16.5. The Hall–Kier alpha value is -1.59. The van der Waals surface area contributed by atoms with Crippen LogP contribution in [0.2, 0.25) is 0 Å². The van der Waals surface area contributed by atoms with Crippen LogP contribution < -0.4 is 10.6 Å². The third kappa shape index (κ3) is 7.78. The number of esters is 1. The maximum atomic E-state index is 11.2. The Morgan fingerprint density at radius 1 is 1.12 bits per heavy atom. The molecule has 16 heavy (non-hydrogen) atoms. The number of hydrogen-bond donors (Lipinski definition) is 2. The van der Waals surface area contributed by atoms with E-state index in [1.807, 2.05) is 6.92 Å². The maximum Gasteiger partial charge on any atom is 0.315 e. The number of amides is 2. The van der Waals surface area contributed by atoms with Crippen LogP contribution >= 0.6 is 0 Å². The molecular formula is C10H18N2O4. The molecular weight excluding hydrogens is 212 g/mol. The Labute approximate surface area is 94.7 Å². The number of hydrogen-bond acceptors (Lipinski definition) is 4. The van der Waals surface area contributed by atoms with Gasteiger partial charge in [0.1, 0.15) is 0 Å². The first-order chi connectivity index (χ1) is 7.60. The van der Waals surface area contributed by atoms with E-state index < -0.39 is 5.97 Å². The molecule has 0 spiro atoms. The van der Waals surface area contributed by atoms with Crippen molar-refractivity contribution in [3.05, 3.63) is 0 Å². The molecule has 6 heteroatoms. The van der Waals surface area contributed by atoms with Crippen molar-refractivity contribution in [3.63, 3.8) is 0 Å². The van der Waals surface area contributed by atoms with Crippen LogP contribution in [-0.2, 0) is 14.3 Å². The van der Waals surface area contributed by atoms with Crippen LogP contribution in [0, 0.1) is 0 Å². The van der Waals surface area contributed by atoms with Crippen LogP contribution in [0.5, 0.6) is 0 Å². The first kappa shape index (κ1) is 14.4. The molecule has 0 aromatic heterocycles. The van der Waals surface area contributed by atoms with Crippen LogP contribution in [0.4, 0.5) is 4.79 Å². The van der Waals surface area contributed by atoms with E-state index in [1.165, 1.54) is 7.11 Å². The van der Waals surface area contributed by atoms with Crippen molar-refractivity contribution in [3.8, 4) is 0 Å². The third-order valence-corrected chi connectivity index (χ3v) is 1.82. The quantitative estimate of drug-likeness (QED) is 0.613. The number of ketones is 1. The summed E-state index contributed by atoms with van der Waals surface area (Å²) in [5.41, 5.74) is 0. The minimum atomic E-state index is -0.427. The highest BCUT2D eigenvalue weighted by Crippen LogP contribution is 1.92. The number of ether oxygens (including phenoxy) is 1. The molecule has 0 aromatic carbocycles. The summed E-state index contributed by atoms with van der Waals surface area (Å²) >= 11 is 0. The average Bonchev–Trinajstić information content (AvgIpc) is 2.30. The van der Waals surface area contributed by atoms with E-state index in [9.17, 15) is 14.4 Å². The van der Waals surface area contributed by atoms with Crippen LogP contribution in [0.25, 0.3) is 0 Å². The molecule has 0 aliphatic heterocycles. The van der Waals surface area contributed by atoms with E-state index in [0.29, 0.717) is 6.54 Å². The van der Waals surface area contributed by atoms with Gasteiger partial charge >= 0.3 is 12.0 Å². The van der Waals surface area contributed by atoms with Crippen molar-refractivity contribution < 1.29 is 19.1 Å². The second kappa shape index (κ2) is 8.70. The van der Waals surface area contributed by atoms with Gasteiger partial charge in [-0.25, -0.2) is 4.79 Å². The van der Waals surface area contributed by atoms with E-state index in [4.69, 9.17) is 0 Å². The Morgan fingerprint density at radius 2 is 1.81 bits per heavy atom. The summed E-state index contributed by atoms with van der Waals surface area (Å²) < 4.78 is 4.39. The smallest absolute Gasteiger partial charge is 0.315 e. The van der Waals surface area contributed by atoms with Gasteiger partial charge in [-0.1, -0.05) is 6.92 Å². The fourth-order valence-electron chi connectivity index (χ4n) is 0.912. The van der Waals surface area contributed by atoms with Crippen LogP contribution in [0.1, 0.15) is 26.2 Å². The van der Waals surface area contributed by atoms with Gasteiger partial charge in [0, 0.05) is 13.0 Å². The van der Waals surface area contributed by atoms with E-state index in [-0.39, 0.29) is 31.2 Å². The summed E-state index contributed by atoms with van der Waals surface area (Å²) in [6.45, 7) is 2.44. The molecule has 0 atom stereocenters. The summed E-state index contributed by atoms with van der Waals surface area (Å²) in [4.78, 5) is 32.9. The lowest BCUT2D eigenvalue weighted by Crippen LogP contribution is -2.38. The fourth-order valence-corrected chi connectivity index (χ4v) is 0.912. The number of carbonyl (C=O) groups is 3. The summed E-state index contributed by atoms with van der Waals surface area (Å²) in [5.74, 6) is -0.624. The molecule has 6 nitrogen and oxygen atoms in total. The molecule has 0 aromatic rings. The molecule has 0 fully saturated rings. The zero-order valence-electron chi connectivity index (χ0n) is 9.67. The lowest BCUT2D eigenvalue weighted by Gasteiger charge is -2.05. The van der Waals surface area contributed by atoms with Crippen molar-refractivity contribution >= 4 is 17.8 Å². The zero-order chi connectivity index (χ0) is 12.4. The largest absolute Gasteiger partial charge is 0.469 e. The Bertz CT molecular complexity index is 253. The standard InChI is InChI=1S/C10H18N2O4/c1-3-6-11-10(15)12-7-8(13)4-5-9(14)16-2/h3-7H2,1-2H3,(H2,11,12,15). The topological polar surface area (TPSA) is 84.5 Å².